The zero-order valence-electron chi connectivity index (χ0n) is 34.6. The van der Waals surface area contributed by atoms with Gasteiger partial charge in [-0.3, -0.25) is 5.41 Å². The monoisotopic (exact) mass is 764 g/mol. The molecular formula is C55H48N4. The van der Waals surface area contributed by atoms with E-state index in [4.69, 9.17) is 5.41 Å². The van der Waals surface area contributed by atoms with E-state index in [2.05, 4.69) is 208 Å². The summed E-state index contributed by atoms with van der Waals surface area (Å²) in [6, 6.07) is 56.5. The van der Waals surface area contributed by atoms with Crippen LogP contribution in [0.4, 0.5) is 0 Å². The molecule has 0 unspecified atom stereocenters. The molecular weight excluding hydrogens is 717 g/mol. The molecule has 4 heteroatoms. The summed E-state index contributed by atoms with van der Waals surface area (Å²) in [5, 5.41) is 13.1. The molecule has 288 valence electrons. The number of aliphatic imine (C=N–C) groups is 1. The predicted octanol–water partition coefficient (Wildman–Crippen LogP) is 14.2. The first kappa shape index (κ1) is 36.6. The number of fused-ring (bicyclic) bond motifs is 8. The number of para-hydroxylation sites is 1. The van der Waals surface area contributed by atoms with E-state index in [0.717, 1.165) is 51.0 Å². The van der Waals surface area contributed by atoms with Gasteiger partial charge in [-0.1, -0.05) is 151 Å². The van der Waals surface area contributed by atoms with E-state index >= 15 is 0 Å². The second kappa shape index (κ2) is 13.4. The minimum Gasteiger partial charge on any atom is -0.355 e. The van der Waals surface area contributed by atoms with Gasteiger partial charge in [0.2, 0.25) is 0 Å². The summed E-state index contributed by atoms with van der Waals surface area (Å²) in [5.41, 5.74) is 16.0. The van der Waals surface area contributed by atoms with Gasteiger partial charge in [-0.2, -0.15) is 0 Å². The van der Waals surface area contributed by atoms with Crippen LogP contribution >= 0.6 is 0 Å². The number of aromatic nitrogens is 2. The van der Waals surface area contributed by atoms with E-state index in [9.17, 15) is 0 Å². The standard InChI is InChI=1S/C55H48N4/c1-53(2)45-26-28-47-51(52(45)54(3,4)55(53,5)6)44-32-37(24-27-46(44)58-47)38-25-29-50-43(31-38)41-22-13-14-23-49(41)59(50)40-21-15-20-39(30-40)48(57-34-56)33-42(35-16-9-7-10-17-35)36-18-11-8-12-19-36/h7-34,56,58H,1-6H3. The summed E-state index contributed by atoms with van der Waals surface area (Å²) < 4.78 is 2.36. The van der Waals surface area contributed by atoms with Crippen LogP contribution in [0, 0.1) is 10.8 Å². The van der Waals surface area contributed by atoms with Crippen LogP contribution in [0.3, 0.4) is 0 Å². The molecule has 2 N–H and O–H groups in total. The van der Waals surface area contributed by atoms with E-state index in [0.29, 0.717) is 0 Å². The van der Waals surface area contributed by atoms with Gasteiger partial charge in [0.15, 0.2) is 0 Å². The maximum Gasteiger partial charge on any atom is 0.107 e. The summed E-state index contributed by atoms with van der Waals surface area (Å²) >= 11 is 0. The number of hydrogen-bond acceptors (Lipinski definition) is 1. The summed E-state index contributed by atoms with van der Waals surface area (Å²) in [4.78, 5) is 8.40. The molecule has 0 radical (unpaired) electrons. The van der Waals surface area contributed by atoms with Gasteiger partial charge in [0.1, 0.15) is 6.34 Å². The van der Waals surface area contributed by atoms with Crippen LogP contribution in [-0.2, 0) is 10.8 Å². The molecule has 0 bridgehead atoms. The average molecular weight is 765 g/mol. The molecule has 1 aliphatic rings. The molecule has 59 heavy (non-hydrogen) atoms. The van der Waals surface area contributed by atoms with Gasteiger partial charge in [0.25, 0.3) is 0 Å². The summed E-state index contributed by atoms with van der Waals surface area (Å²) in [7, 11) is 0. The second-order valence-electron chi connectivity index (χ2n) is 17.7. The van der Waals surface area contributed by atoms with Crippen LogP contribution in [-0.4, -0.2) is 21.6 Å². The van der Waals surface area contributed by atoms with Crippen LogP contribution < -0.4 is 0 Å². The van der Waals surface area contributed by atoms with Crippen molar-refractivity contribution in [3.8, 4) is 16.8 Å². The predicted molar refractivity (Wildman–Crippen MR) is 251 cm³/mol. The lowest BCUT2D eigenvalue weighted by Crippen LogP contribution is -2.42. The zero-order chi connectivity index (χ0) is 40.7. The Balaban J connectivity index is 1.11. The van der Waals surface area contributed by atoms with Gasteiger partial charge in [-0.25, -0.2) is 4.99 Å². The van der Waals surface area contributed by atoms with Crippen molar-refractivity contribution >= 4 is 61.2 Å². The number of allylic oxidation sites excluding steroid dienone is 1. The van der Waals surface area contributed by atoms with Crippen molar-refractivity contribution < 1.29 is 0 Å². The molecule has 0 fully saturated rings. The van der Waals surface area contributed by atoms with Crippen molar-refractivity contribution in [1.82, 2.24) is 9.55 Å². The fourth-order valence-corrected chi connectivity index (χ4v) is 9.98. The number of H-pyrrole nitrogens is 1. The third-order valence-corrected chi connectivity index (χ3v) is 14.2. The largest absolute Gasteiger partial charge is 0.355 e. The highest BCUT2D eigenvalue weighted by Crippen LogP contribution is 2.63. The number of aromatic amines is 1. The topological polar surface area (TPSA) is 56.9 Å². The third kappa shape index (κ3) is 5.50. The zero-order valence-corrected chi connectivity index (χ0v) is 34.6. The highest BCUT2D eigenvalue weighted by molar-refractivity contribution is 6.17. The number of rotatable bonds is 7. The Kier molecular flexibility index (Phi) is 8.30. The SMILES string of the molecule is CC1(C)c2ccc3[nH]c4ccc(-c5ccc6c(c5)c5ccccc5n6-c5cccc(C(C=C(c6ccccc6)c6ccccc6)=NC=N)c5)cc4c3c2C(C)(C)C1(C)C. The lowest BCUT2D eigenvalue weighted by atomic mass is 9.59. The van der Waals surface area contributed by atoms with Crippen molar-refractivity contribution in [2.24, 2.45) is 10.4 Å². The number of nitrogens with one attached hydrogen (secondary N) is 2. The normalized spacial score (nSPS) is 15.5. The van der Waals surface area contributed by atoms with E-state index in [-0.39, 0.29) is 16.2 Å². The average Bonchev–Trinajstić information content (AvgIpc) is 3.83. The molecule has 0 aliphatic heterocycles. The van der Waals surface area contributed by atoms with Crippen LogP contribution in [0.1, 0.15) is 69.4 Å². The highest BCUT2D eigenvalue weighted by atomic mass is 15.0. The molecule has 7 aromatic carbocycles. The smallest absolute Gasteiger partial charge is 0.107 e. The van der Waals surface area contributed by atoms with E-state index in [1.165, 1.54) is 54.8 Å². The third-order valence-electron chi connectivity index (χ3n) is 14.2. The molecule has 0 atom stereocenters. The number of benzene rings is 7. The maximum atomic E-state index is 8.04. The summed E-state index contributed by atoms with van der Waals surface area (Å²) in [6.45, 7) is 14.6. The van der Waals surface area contributed by atoms with Crippen molar-refractivity contribution in [3.05, 3.63) is 192 Å². The van der Waals surface area contributed by atoms with Crippen molar-refractivity contribution in [2.45, 2.75) is 52.4 Å². The van der Waals surface area contributed by atoms with E-state index < -0.39 is 0 Å². The molecule has 0 amide bonds. The molecule has 9 aromatic rings. The van der Waals surface area contributed by atoms with E-state index in [1.54, 1.807) is 0 Å². The first-order valence-corrected chi connectivity index (χ1v) is 20.6. The van der Waals surface area contributed by atoms with Gasteiger partial charge in [0.05, 0.1) is 16.7 Å². The summed E-state index contributed by atoms with van der Waals surface area (Å²) in [5.74, 6) is 0. The molecule has 10 rings (SSSR count). The Labute approximate surface area is 346 Å². The van der Waals surface area contributed by atoms with Crippen molar-refractivity contribution in [1.29, 1.82) is 5.41 Å². The molecule has 0 spiro atoms. The van der Waals surface area contributed by atoms with Crippen molar-refractivity contribution in [3.63, 3.8) is 0 Å². The molecule has 0 saturated heterocycles. The van der Waals surface area contributed by atoms with Crippen LogP contribution in [0.2, 0.25) is 0 Å². The lowest BCUT2D eigenvalue weighted by Gasteiger charge is -2.44. The van der Waals surface area contributed by atoms with Gasteiger partial charge in [0, 0.05) is 43.8 Å². The Hall–Kier alpha value is -6.78. The molecule has 0 saturated carbocycles. The van der Waals surface area contributed by atoms with Crippen LogP contribution in [0.5, 0.6) is 0 Å². The fraction of sp³-hybridized carbons (Fsp3) is 0.164. The number of nitrogens with zero attached hydrogens (tertiary/aromatic N) is 2. The molecule has 2 aromatic heterocycles. The Morgan fingerprint density at radius 3 is 1.88 bits per heavy atom. The Morgan fingerprint density at radius 1 is 0.559 bits per heavy atom. The number of hydrogen-bond donors (Lipinski definition) is 2. The Bertz CT molecular complexity index is 3150. The molecule has 2 heterocycles. The van der Waals surface area contributed by atoms with Gasteiger partial charge in [-0.15, -0.1) is 0 Å². The van der Waals surface area contributed by atoms with Gasteiger partial charge < -0.3 is 9.55 Å². The maximum absolute atomic E-state index is 8.04. The van der Waals surface area contributed by atoms with Crippen LogP contribution in [0.25, 0.3) is 66.0 Å². The fourth-order valence-electron chi connectivity index (χ4n) is 9.98. The second-order valence-corrected chi connectivity index (χ2v) is 17.7. The highest BCUT2D eigenvalue weighted by Gasteiger charge is 2.57. The minimum absolute atomic E-state index is 0.0110. The minimum atomic E-state index is -0.0110. The van der Waals surface area contributed by atoms with E-state index in [1.807, 2.05) is 12.1 Å². The Morgan fingerprint density at radius 2 is 1.17 bits per heavy atom. The summed E-state index contributed by atoms with van der Waals surface area (Å²) in [6.07, 6.45) is 3.24. The lowest BCUT2D eigenvalue weighted by molar-refractivity contribution is 0.125. The molecule has 1 aliphatic carbocycles. The quantitative estimate of drug-likeness (QED) is 0.120. The van der Waals surface area contributed by atoms with Gasteiger partial charge >= 0.3 is 0 Å². The van der Waals surface area contributed by atoms with Gasteiger partial charge in [-0.05, 0) is 110 Å². The first-order chi connectivity index (χ1) is 28.5. The first-order valence-electron chi connectivity index (χ1n) is 20.6. The van der Waals surface area contributed by atoms with Crippen LogP contribution in [0.15, 0.2) is 169 Å². The van der Waals surface area contributed by atoms with Crippen molar-refractivity contribution in [2.75, 3.05) is 0 Å². The molecule has 4 nitrogen and oxygen atoms in total.